The van der Waals surface area contributed by atoms with E-state index in [9.17, 15) is 23.1 Å². The van der Waals surface area contributed by atoms with Crippen molar-refractivity contribution in [1.82, 2.24) is 5.32 Å². The number of alkyl carbamates (subject to hydrolysis) is 1. The summed E-state index contributed by atoms with van der Waals surface area (Å²) in [5.41, 5.74) is 0.139. The minimum Gasteiger partial charge on any atom is -0.507 e. The molecule has 0 aliphatic rings. The monoisotopic (exact) mass is 351 g/mol. The van der Waals surface area contributed by atoms with E-state index in [-0.39, 0.29) is 18.7 Å². The topological polar surface area (TPSA) is 58.6 Å². The first kappa shape index (κ1) is 18.4. The number of benzene rings is 2. The van der Waals surface area contributed by atoms with E-state index in [1.54, 1.807) is 0 Å². The van der Waals surface area contributed by atoms with Gasteiger partial charge >= 0.3 is 12.3 Å². The summed E-state index contributed by atoms with van der Waals surface area (Å²) in [6, 6.07) is 11.8. The fraction of sp³-hybridized carbons (Fsp3) is 0.167. The van der Waals surface area contributed by atoms with Crippen LogP contribution in [0.1, 0.15) is 16.7 Å². The first-order valence-corrected chi connectivity index (χ1v) is 7.37. The van der Waals surface area contributed by atoms with Crippen molar-refractivity contribution in [3.05, 3.63) is 71.3 Å². The molecule has 0 unspecified atom stereocenters. The van der Waals surface area contributed by atoms with Gasteiger partial charge in [-0.1, -0.05) is 48.6 Å². The van der Waals surface area contributed by atoms with E-state index in [0.29, 0.717) is 6.07 Å². The zero-order chi connectivity index (χ0) is 18.3. The smallest absolute Gasteiger partial charge is 0.416 e. The largest absolute Gasteiger partial charge is 0.507 e. The minimum atomic E-state index is -4.51. The number of carbonyl (C=O) groups excluding carboxylic acids is 1. The van der Waals surface area contributed by atoms with Crippen molar-refractivity contribution < 1.29 is 27.8 Å². The van der Waals surface area contributed by atoms with Crippen molar-refractivity contribution >= 4 is 12.2 Å². The van der Waals surface area contributed by atoms with Crippen LogP contribution in [0.25, 0.3) is 6.08 Å². The van der Waals surface area contributed by atoms with E-state index in [1.807, 2.05) is 30.3 Å². The van der Waals surface area contributed by atoms with Gasteiger partial charge in [0.2, 0.25) is 0 Å². The predicted molar refractivity (Wildman–Crippen MR) is 86.8 cm³/mol. The Kier molecular flexibility index (Phi) is 6.05. The number of carbonyl (C=O) groups is 1. The molecular formula is C18H16F3NO3. The molecule has 4 nitrogen and oxygen atoms in total. The number of ether oxygens (including phenoxy) is 1. The second kappa shape index (κ2) is 8.23. The molecule has 132 valence electrons. The Hall–Kier alpha value is -2.96. The number of phenols is 1. The highest BCUT2D eigenvalue weighted by atomic mass is 19.4. The maximum Gasteiger partial charge on any atom is 0.416 e. The number of nitrogens with one attached hydrogen (secondary N) is 1. The van der Waals surface area contributed by atoms with Crippen LogP contribution in [0, 0.1) is 0 Å². The predicted octanol–water partition coefficient (Wildman–Crippen LogP) is 4.35. The first-order valence-electron chi connectivity index (χ1n) is 7.37. The summed E-state index contributed by atoms with van der Waals surface area (Å²) in [5.74, 6) is -0.488. The maximum atomic E-state index is 12.5. The number of hydrogen-bond acceptors (Lipinski definition) is 3. The molecule has 2 N–H and O–H groups in total. The lowest BCUT2D eigenvalue weighted by Crippen LogP contribution is -2.24. The van der Waals surface area contributed by atoms with Crippen molar-refractivity contribution in [1.29, 1.82) is 0 Å². The van der Waals surface area contributed by atoms with E-state index in [1.165, 1.54) is 12.2 Å². The SMILES string of the molecule is O=C(NCC=Cc1ccc(C(F)(F)F)cc1O)OCc1ccccc1. The van der Waals surface area contributed by atoms with Gasteiger partial charge in [0.05, 0.1) is 5.56 Å². The number of rotatable bonds is 5. The van der Waals surface area contributed by atoms with Crippen LogP contribution in [0.2, 0.25) is 0 Å². The van der Waals surface area contributed by atoms with Gasteiger partial charge in [-0.25, -0.2) is 4.79 Å². The van der Waals surface area contributed by atoms with Gasteiger partial charge in [0.15, 0.2) is 0 Å². The van der Waals surface area contributed by atoms with E-state index in [2.05, 4.69) is 5.32 Å². The molecule has 0 saturated heterocycles. The highest BCUT2D eigenvalue weighted by molar-refractivity contribution is 5.67. The third-order valence-corrected chi connectivity index (χ3v) is 3.23. The van der Waals surface area contributed by atoms with Crippen molar-refractivity contribution in [3.63, 3.8) is 0 Å². The number of amides is 1. The molecule has 0 heterocycles. The summed E-state index contributed by atoms with van der Waals surface area (Å²) in [6.45, 7) is 0.240. The molecule has 7 heteroatoms. The molecule has 25 heavy (non-hydrogen) atoms. The van der Waals surface area contributed by atoms with Crippen LogP contribution < -0.4 is 5.32 Å². The Labute approximate surface area is 142 Å². The molecular weight excluding hydrogens is 335 g/mol. The summed E-state index contributed by atoms with van der Waals surface area (Å²) >= 11 is 0. The van der Waals surface area contributed by atoms with Crippen LogP contribution in [0.4, 0.5) is 18.0 Å². The normalized spacial score (nSPS) is 11.5. The number of aromatic hydroxyl groups is 1. The lowest BCUT2D eigenvalue weighted by molar-refractivity contribution is -0.137. The molecule has 0 spiro atoms. The van der Waals surface area contributed by atoms with Gasteiger partial charge in [0.25, 0.3) is 0 Å². The van der Waals surface area contributed by atoms with E-state index < -0.39 is 23.6 Å². The third-order valence-electron chi connectivity index (χ3n) is 3.23. The van der Waals surface area contributed by atoms with Gasteiger partial charge in [-0.2, -0.15) is 13.2 Å². The van der Waals surface area contributed by atoms with Gasteiger partial charge in [-0.15, -0.1) is 0 Å². The lowest BCUT2D eigenvalue weighted by Gasteiger charge is -2.08. The number of alkyl halides is 3. The summed E-state index contributed by atoms with van der Waals surface area (Å²) in [4.78, 5) is 11.5. The standard InChI is InChI=1S/C18H16F3NO3/c19-18(20,21)15-9-8-14(16(23)11-15)7-4-10-22-17(24)25-12-13-5-2-1-3-6-13/h1-9,11,23H,10,12H2,(H,22,24). The average Bonchev–Trinajstić information content (AvgIpc) is 2.58. The van der Waals surface area contributed by atoms with Gasteiger partial charge in [-0.3, -0.25) is 0 Å². The maximum absolute atomic E-state index is 12.5. The molecule has 1 amide bonds. The Balaban J connectivity index is 1.80. The fourth-order valence-corrected chi connectivity index (χ4v) is 1.96. The Morgan fingerprint density at radius 2 is 1.88 bits per heavy atom. The number of phenolic OH excluding ortho intramolecular Hbond substituents is 1. The highest BCUT2D eigenvalue weighted by Gasteiger charge is 2.30. The third kappa shape index (κ3) is 5.87. The fourth-order valence-electron chi connectivity index (χ4n) is 1.96. The second-order valence-corrected chi connectivity index (χ2v) is 5.12. The van der Waals surface area contributed by atoms with Gasteiger partial charge in [0.1, 0.15) is 12.4 Å². The van der Waals surface area contributed by atoms with Crippen molar-refractivity contribution in [3.8, 4) is 5.75 Å². The van der Waals surface area contributed by atoms with E-state index in [4.69, 9.17) is 4.74 Å². The summed E-state index contributed by atoms with van der Waals surface area (Å²) in [7, 11) is 0. The summed E-state index contributed by atoms with van der Waals surface area (Å²) in [6.07, 6.45) is -2.23. The molecule has 0 radical (unpaired) electrons. The number of hydrogen-bond donors (Lipinski definition) is 2. The van der Waals surface area contributed by atoms with Crippen molar-refractivity contribution in [2.45, 2.75) is 12.8 Å². The zero-order valence-electron chi connectivity index (χ0n) is 13.1. The van der Waals surface area contributed by atoms with Crippen LogP contribution >= 0.6 is 0 Å². The summed E-state index contributed by atoms with van der Waals surface area (Å²) in [5, 5.41) is 12.1. The van der Waals surface area contributed by atoms with Crippen molar-refractivity contribution in [2.24, 2.45) is 0 Å². The first-order chi connectivity index (χ1) is 11.9. The quantitative estimate of drug-likeness (QED) is 0.842. The molecule has 0 atom stereocenters. The van der Waals surface area contributed by atoms with Gasteiger partial charge < -0.3 is 15.2 Å². The molecule has 2 aromatic rings. The molecule has 2 rings (SSSR count). The number of halogens is 3. The second-order valence-electron chi connectivity index (χ2n) is 5.12. The van der Waals surface area contributed by atoms with Gasteiger partial charge in [0, 0.05) is 12.1 Å². The van der Waals surface area contributed by atoms with Crippen LogP contribution in [0.5, 0.6) is 5.75 Å². The Morgan fingerprint density at radius 1 is 1.16 bits per heavy atom. The lowest BCUT2D eigenvalue weighted by atomic mass is 10.1. The molecule has 0 aromatic heterocycles. The molecule has 0 aliphatic heterocycles. The molecule has 0 fully saturated rings. The summed E-state index contributed by atoms with van der Waals surface area (Å²) < 4.78 is 42.5. The van der Waals surface area contributed by atoms with Crippen LogP contribution in [0.15, 0.2) is 54.6 Å². The van der Waals surface area contributed by atoms with E-state index >= 15 is 0 Å². The highest BCUT2D eigenvalue weighted by Crippen LogP contribution is 2.32. The van der Waals surface area contributed by atoms with Crippen LogP contribution in [-0.2, 0) is 17.5 Å². The van der Waals surface area contributed by atoms with Gasteiger partial charge in [-0.05, 0) is 17.7 Å². The molecule has 2 aromatic carbocycles. The molecule has 0 aliphatic carbocycles. The van der Waals surface area contributed by atoms with Crippen LogP contribution in [-0.4, -0.2) is 17.7 Å². The van der Waals surface area contributed by atoms with E-state index in [0.717, 1.165) is 17.7 Å². The average molecular weight is 351 g/mol. The molecule has 0 bridgehead atoms. The van der Waals surface area contributed by atoms with Crippen molar-refractivity contribution in [2.75, 3.05) is 6.54 Å². The minimum absolute atomic E-state index is 0.105. The zero-order valence-corrected chi connectivity index (χ0v) is 13.1. The Bertz CT molecular complexity index is 743. The van der Waals surface area contributed by atoms with Crippen LogP contribution in [0.3, 0.4) is 0 Å². The Morgan fingerprint density at radius 3 is 2.52 bits per heavy atom. The molecule has 0 saturated carbocycles.